The number of carbonyl (C=O) groups excluding carboxylic acids is 1. The number of aryl methyl sites for hydroxylation is 1. The predicted molar refractivity (Wildman–Crippen MR) is 111 cm³/mol. The van der Waals surface area contributed by atoms with Crippen LogP contribution in [0.15, 0.2) is 47.0 Å². The number of halogens is 1. The van der Waals surface area contributed by atoms with Crippen LogP contribution in [-0.4, -0.2) is 22.6 Å². The fourth-order valence-electron chi connectivity index (χ4n) is 3.44. The molecule has 0 saturated carbocycles. The van der Waals surface area contributed by atoms with Crippen molar-refractivity contribution in [1.82, 2.24) is 10.1 Å². The molecule has 1 aliphatic rings. The third-order valence-electron chi connectivity index (χ3n) is 5.23. The van der Waals surface area contributed by atoms with E-state index < -0.39 is 0 Å². The highest BCUT2D eigenvalue weighted by molar-refractivity contribution is 5.97. The van der Waals surface area contributed by atoms with Crippen LogP contribution in [0.4, 0.5) is 5.69 Å². The van der Waals surface area contributed by atoms with Crippen LogP contribution in [0.5, 0.6) is 0 Å². The van der Waals surface area contributed by atoms with Crippen molar-refractivity contribution >= 4 is 24.0 Å². The van der Waals surface area contributed by atoms with Crippen molar-refractivity contribution < 1.29 is 9.32 Å². The van der Waals surface area contributed by atoms with Gasteiger partial charge in [0.1, 0.15) is 0 Å². The number of benzene rings is 2. The Hall–Kier alpha value is -2.70. The van der Waals surface area contributed by atoms with Crippen molar-refractivity contribution in [3.63, 3.8) is 0 Å². The molecule has 1 saturated heterocycles. The Balaban J connectivity index is 0.00000225. The Kier molecular flexibility index (Phi) is 5.82. The molecule has 1 aromatic heterocycles. The maximum absolute atomic E-state index is 12.6. The molecule has 4 rings (SSSR count). The van der Waals surface area contributed by atoms with E-state index in [0.717, 1.165) is 22.4 Å². The molecule has 1 aliphatic heterocycles. The maximum Gasteiger partial charge on any atom is 0.232 e. The minimum absolute atomic E-state index is 0. The summed E-state index contributed by atoms with van der Waals surface area (Å²) in [6.07, 6.45) is 0.376. The summed E-state index contributed by atoms with van der Waals surface area (Å²) in [6.45, 7) is 5.14. The van der Waals surface area contributed by atoms with E-state index in [9.17, 15) is 4.79 Å². The Morgan fingerprint density at radius 1 is 1.18 bits per heavy atom. The predicted octanol–water partition coefficient (Wildman–Crippen LogP) is 3.75. The number of anilines is 1. The van der Waals surface area contributed by atoms with Crippen LogP contribution in [0.1, 0.15) is 34.9 Å². The lowest BCUT2D eigenvalue weighted by Gasteiger charge is -2.19. The Morgan fingerprint density at radius 3 is 2.64 bits per heavy atom. The fourth-order valence-corrected chi connectivity index (χ4v) is 3.44. The number of carbonyl (C=O) groups is 1. The van der Waals surface area contributed by atoms with Gasteiger partial charge >= 0.3 is 0 Å². The monoisotopic (exact) mass is 398 g/mol. The molecule has 3 aromatic rings. The zero-order chi connectivity index (χ0) is 19.0. The lowest BCUT2D eigenvalue weighted by molar-refractivity contribution is -0.117. The molecular formula is C21H23ClN4O2. The minimum Gasteiger partial charge on any atom is -0.339 e. The van der Waals surface area contributed by atoms with Gasteiger partial charge in [0.05, 0.1) is 5.92 Å². The molecule has 2 N–H and O–H groups in total. The number of hydrogen-bond acceptors (Lipinski definition) is 5. The van der Waals surface area contributed by atoms with Crippen LogP contribution >= 0.6 is 12.4 Å². The second-order valence-electron chi connectivity index (χ2n) is 6.98. The zero-order valence-corrected chi connectivity index (χ0v) is 16.7. The van der Waals surface area contributed by atoms with Gasteiger partial charge in [0.15, 0.2) is 0 Å². The van der Waals surface area contributed by atoms with Gasteiger partial charge in [0.25, 0.3) is 0 Å². The van der Waals surface area contributed by atoms with E-state index in [2.05, 4.69) is 23.1 Å². The molecule has 0 bridgehead atoms. The van der Waals surface area contributed by atoms with Gasteiger partial charge in [-0.1, -0.05) is 41.6 Å². The van der Waals surface area contributed by atoms with E-state index in [1.165, 1.54) is 5.56 Å². The summed E-state index contributed by atoms with van der Waals surface area (Å²) in [5, 5.41) is 4.09. The van der Waals surface area contributed by atoms with Gasteiger partial charge in [-0.2, -0.15) is 4.98 Å². The summed E-state index contributed by atoms with van der Waals surface area (Å²) < 4.78 is 5.48. The molecule has 2 aromatic carbocycles. The van der Waals surface area contributed by atoms with Gasteiger partial charge in [-0.15, -0.1) is 12.4 Å². The highest BCUT2D eigenvalue weighted by atomic mass is 35.5. The first-order valence-electron chi connectivity index (χ1n) is 9.06. The fraction of sp³-hybridized carbons (Fsp3) is 0.286. The van der Waals surface area contributed by atoms with Crippen LogP contribution in [0.25, 0.3) is 11.4 Å². The quantitative estimate of drug-likeness (QED) is 0.723. The van der Waals surface area contributed by atoms with Crippen molar-refractivity contribution in [2.45, 2.75) is 32.7 Å². The molecule has 1 amide bonds. The number of aromatic nitrogens is 2. The van der Waals surface area contributed by atoms with Crippen molar-refractivity contribution in [2.24, 2.45) is 5.73 Å². The third-order valence-corrected chi connectivity index (χ3v) is 5.23. The van der Waals surface area contributed by atoms with E-state index in [-0.39, 0.29) is 24.2 Å². The summed E-state index contributed by atoms with van der Waals surface area (Å²) in [5.41, 5.74) is 10.8. The number of hydrogen-bond donors (Lipinski definition) is 1. The second kappa shape index (κ2) is 8.12. The Morgan fingerprint density at radius 2 is 1.93 bits per heavy atom. The second-order valence-corrected chi connectivity index (χ2v) is 6.98. The first-order chi connectivity index (χ1) is 13.1. The lowest BCUT2D eigenvalue weighted by atomic mass is 10.1. The molecule has 146 valence electrons. The molecule has 0 spiro atoms. The zero-order valence-electron chi connectivity index (χ0n) is 15.9. The van der Waals surface area contributed by atoms with Gasteiger partial charge in [0, 0.05) is 30.8 Å². The molecule has 1 unspecified atom stereocenters. The van der Waals surface area contributed by atoms with Crippen LogP contribution in [0.2, 0.25) is 0 Å². The van der Waals surface area contributed by atoms with Crippen LogP contribution in [0, 0.1) is 13.8 Å². The van der Waals surface area contributed by atoms with Crippen LogP contribution in [0.3, 0.4) is 0 Å². The van der Waals surface area contributed by atoms with Gasteiger partial charge in [0.2, 0.25) is 17.6 Å². The van der Waals surface area contributed by atoms with Gasteiger partial charge in [-0.05, 0) is 36.6 Å². The third kappa shape index (κ3) is 3.66. The van der Waals surface area contributed by atoms with Gasteiger partial charge < -0.3 is 15.2 Å². The number of rotatable bonds is 4. The first kappa shape index (κ1) is 20.0. The Labute approximate surface area is 170 Å². The van der Waals surface area contributed by atoms with E-state index >= 15 is 0 Å². The molecular weight excluding hydrogens is 376 g/mol. The average Bonchev–Trinajstić information content (AvgIpc) is 3.31. The highest BCUT2D eigenvalue weighted by Crippen LogP contribution is 2.34. The van der Waals surface area contributed by atoms with Crippen LogP contribution < -0.4 is 10.6 Å². The van der Waals surface area contributed by atoms with Crippen LogP contribution in [-0.2, 0) is 11.3 Å². The molecule has 7 heteroatoms. The summed E-state index contributed by atoms with van der Waals surface area (Å²) >= 11 is 0. The SMILES string of the molecule is Cc1cccc(N2CC(c3nc(-c4ccc(CN)cc4)no3)CC2=O)c1C.Cl. The molecule has 1 fully saturated rings. The summed E-state index contributed by atoms with van der Waals surface area (Å²) in [6, 6.07) is 13.8. The van der Waals surface area contributed by atoms with E-state index in [1.807, 2.05) is 48.2 Å². The lowest BCUT2D eigenvalue weighted by Crippen LogP contribution is -2.25. The number of amides is 1. The maximum atomic E-state index is 12.6. The molecule has 6 nitrogen and oxygen atoms in total. The normalized spacial score (nSPS) is 16.3. The first-order valence-corrected chi connectivity index (χ1v) is 9.06. The summed E-state index contributed by atoms with van der Waals surface area (Å²) in [5.74, 6) is 1.03. The van der Waals surface area contributed by atoms with E-state index in [4.69, 9.17) is 10.3 Å². The Bertz CT molecular complexity index is 984. The smallest absolute Gasteiger partial charge is 0.232 e. The summed E-state index contributed by atoms with van der Waals surface area (Å²) in [4.78, 5) is 19.0. The van der Waals surface area contributed by atoms with Crippen molar-refractivity contribution in [3.05, 3.63) is 65.0 Å². The van der Waals surface area contributed by atoms with Crippen molar-refractivity contribution in [2.75, 3.05) is 11.4 Å². The molecule has 28 heavy (non-hydrogen) atoms. The standard InChI is InChI=1S/C21H22N4O2.ClH/c1-13-4-3-5-18(14(13)2)25-12-17(10-19(25)26)21-23-20(24-27-21)16-8-6-15(11-22)7-9-16;/h3-9,17H,10-12,22H2,1-2H3;1H. The van der Waals surface area contributed by atoms with Crippen molar-refractivity contribution in [3.8, 4) is 11.4 Å². The average molecular weight is 399 g/mol. The van der Waals surface area contributed by atoms with Crippen molar-refractivity contribution in [1.29, 1.82) is 0 Å². The van der Waals surface area contributed by atoms with Gasteiger partial charge in [-0.25, -0.2) is 0 Å². The molecule has 0 aliphatic carbocycles. The largest absolute Gasteiger partial charge is 0.339 e. The summed E-state index contributed by atoms with van der Waals surface area (Å²) in [7, 11) is 0. The number of nitrogens with two attached hydrogens (primary N) is 1. The molecule has 1 atom stereocenters. The molecule has 0 radical (unpaired) electrons. The number of nitrogens with zero attached hydrogens (tertiary/aromatic N) is 3. The highest BCUT2D eigenvalue weighted by Gasteiger charge is 2.35. The van der Waals surface area contributed by atoms with Gasteiger partial charge in [-0.3, -0.25) is 4.79 Å². The van der Waals surface area contributed by atoms with E-state index in [0.29, 0.717) is 31.2 Å². The molecule has 2 heterocycles. The topological polar surface area (TPSA) is 85.2 Å². The minimum atomic E-state index is -0.0954. The van der Waals surface area contributed by atoms with E-state index in [1.54, 1.807) is 0 Å².